The Morgan fingerprint density at radius 1 is 1.54 bits per heavy atom. The minimum atomic E-state index is -0.143. The van der Waals surface area contributed by atoms with Crippen LogP contribution in [0.25, 0.3) is 0 Å². The smallest absolute Gasteiger partial charge is 0.411 e. The second-order valence-electron chi connectivity index (χ2n) is 4.04. The van der Waals surface area contributed by atoms with Crippen LogP contribution in [0.15, 0.2) is 0 Å². The largest absolute Gasteiger partial charge is 0.447 e. The van der Waals surface area contributed by atoms with Gasteiger partial charge in [-0.25, -0.2) is 4.79 Å². The number of ether oxygens (including phenoxy) is 1. The number of fused-ring (bicyclic) bond motifs is 1. The number of rotatable bonds is 1. The fourth-order valence-electron chi connectivity index (χ4n) is 1.90. The Hall–Kier alpha value is -0.770. The summed E-state index contributed by atoms with van der Waals surface area (Å²) in [6.45, 7) is 6.71. The van der Waals surface area contributed by atoms with Gasteiger partial charge in [0.15, 0.2) is 0 Å². The molecule has 2 rings (SSSR count). The first-order valence-corrected chi connectivity index (χ1v) is 4.86. The van der Waals surface area contributed by atoms with Crippen molar-refractivity contribution in [2.24, 2.45) is 0 Å². The normalized spacial score (nSPS) is 29.3. The third-order valence-corrected chi connectivity index (χ3v) is 2.89. The predicted molar refractivity (Wildman–Crippen MR) is 48.3 cm³/mol. The predicted octanol–water partition coefficient (Wildman–Crippen LogP) is 0.879. The lowest BCUT2D eigenvalue weighted by Crippen LogP contribution is -2.51. The maximum absolute atomic E-state index is 11.3. The van der Waals surface area contributed by atoms with Crippen molar-refractivity contribution in [3.05, 3.63) is 0 Å². The highest BCUT2D eigenvalue weighted by Crippen LogP contribution is 2.21. The van der Waals surface area contributed by atoms with E-state index in [4.69, 9.17) is 4.74 Å². The SMILES string of the molecule is CC(C)N1CCC2COC(=O)N2C1. The summed E-state index contributed by atoms with van der Waals surface area (Å²) in [5.74, 6) is 0. The van der Waals surface area contributed by atoms with E-state index in [1.165, 1.54) is 0 Å². The van der Waals surface area contributed by atoms with Crippen molar-refractivity contribution in [3.63, 3.8) is 0 Å². The van der Waals surface area contributed by atoms with Crippen molar-refractivity contribution in [1.82, 2.24) is 9.80 Å². The molecule has 4 nitrogen and oxygen atoms in total. The molecular formula is C9H16N2O2. The molecule has 1 unspecified atom stereocenters. The summed E-state index contributed by atoms with van der Waals surface area (Å²) in [6.07, 6.45) is 0.902. The fraction of sp³-hybridized carbons (Fsp3) is 0.889. The van der Waals surface area contributed by atoms with Gasteiger partial charge in [-0.3, -0.25) is 9.80 Å². The van der Waals surface area contributed by atoms with Crippen molar-refractivity contribution in [2.75, 3.05) is 19.8 Å². The van der Waals surface area contributed by atoms with Crippen LogP contribution in [-0.4, -0.2) is 47.8 Å². The topological polar surface area (TPSA) is 32.8 Å². The molecule has 0 saturated carbocycles. The van der Waals surface area contributed by atoms with Gasteiger partial charge in [-0.1, -0.05) is 0 Å². The molecular weight excluding hydrogens is 168 g/mol. The lowest BCUT2D eigenvalue weighted by Gasteiger charge is -2.37. The van der Waals surface area contributed by atoms with Crippen molar-refractivity contribution in [2.45, 2.75) is 32.4 Å². The lowest BCUT2D eigenvalue weighted by molar-refractivity contribution is 0.0657. The first-order chi connectivity index (χ1) is 6.18. The molecule has 0 N–H and O–H groups in total. The van der Waals surface area contributed by atoms with E-state index in [0.717, 1.165) is 19.6 Å². The van der Waals surface area contributed by atoms with Crippen LogP contribution in [-0.2, 0) is 4.74 Å². The zero-order chi connectivity index (χ0) is 9.42. The fourth-order valence-corrected chi connectivity index (χ4v) is 1.90. The minimum absolute atomic E-state index is 0.143. The molecule has 0 bridgehead atoms. The van der Waals surface area contributed by atoms with Gasteiger partial charge in [0.25, 0.3) is 0 Å². The Morgan fingerprint density at radius 3 is 3.00 bits per heavy atom. The van der Waals surface area contributed by atoms with Crippen LogP contribution < -0.4 is 0 Å². The third-order valence-electron chi connectivity index (χ3n) is 2.89. The van der Waals surface area contributed by atoms with Crippen LogP contribution in [0.1, 0.15) is 20.3 Å². The highest BCUT2D eigenvalue weighted by molar-refractivity contribution is 5.70. The third kappa shape index (κ3) is 1.50. The van der Waals surface area contributed by atoms with E-state index in [1.807, 2.05) is 4.90 Å². The Balaban J connectivity index is 2.01. The van der Waals surface area contributed by atoms with Crippen LogP contribution in [0, 0.1) is 0 Å². The van der Waals surface area contributed by atoms with E-state index < -0.39 is 0 Å². The second kappa shape index (κ2) is 3.18. The maximum Gasteiger partial charge on any atom is 0.411 e. The van der Waals surface area contributed by atoms with Crippen molar-refractivity contribution < 1.29 is 9.53 Å². The molecule has 2 heterocycles. The number of hydrogen-bond donors (Lipinski definition) is 0. The number of hydrogen-bond acceptors (Lipinski definition) is 3. The average molecular weight is 184 g/mol. The molecule has 2 fully saturated rings. The Kier molecular flexibility index (Phi) is 2.15. The van der Waals surface area contributed by atoms with Crippen LogP contribution in [0.5, 0.6) is 0 Å². The van der Waals surface area contributed by atoms with E-state index in [2.05, 4.69) is 18.7 Å². The molecule has 74 valence electrons. The molecule has 2 aliphatic rings. The molecule has 1 atom stereocenters. The highest BCUT2D eigenvalue weighted by Gasteiger charge is 2.37. The van der Waals surface area contributed by atoms with Crippen LogP contribution in [0.3, 0.4) is 0 Å². The summed E-state index contributed by atoms with van der Waals surface area (Å²) in [5.41, 5.74) is 0. The molecule has 4 heteroatoms. The summed E-state index contributed by atoms with van der Waals surface area (Å²) in [6, 6.07) is 0.844. The summed E-state index contributed by atoms with van der Waals surface area (Å²) >= 11 is 0. The molecule has 13 heavy (non-hydrogen) atoms. The van der Waals surface area contributed by atoms with Crippen LogP contribution >= 0.6 is 0 Å². The standard InChI is InChI=1S/C9H16N2O2/c1-7(2)10-4-3-8-5-13-9(12)11(8)6-10/h7-8H,3-6H2,1-2H3. The number of carbonyl (C=O) groups is 1. The molecule has 0 radical (unpaired) electrons. The molecule has 0 aliphatic carbocycles. The van der Waals surface area contributed by atoms with Crippen molar-refractivity contribution in [1.29, 1.82) is 0 Å². The summed E-state index contributed by atoms with van der Waals surface area (Å²) in [7, 11) is 0. The van der Waals surface area contributed by atoms with E-state index in [9.17, 15) is 4.79 Å². The molecule has 0 spiro atoms. The molecule has 1 amide bonds. The van der Waals surface area contributed by atoms with E-state index in [1.54, 1.807) is 0 Å². The van der Waals surface area contributed by atoms with Crippen molar-refractivity contribution in [3.8, 4) is 0 Å². The highest BCUT2D eigenvalue weighted by atomic mass is 16.6. The van der Waals surface area contributed by atoms with Gasteiger partial charge in [0.2, 0.25) is 0 Å². The van der Waals surface area contributed by atoms with Gasteiger partial charge in [-0.15, -0.1) is 0 Å². The average Bonchev–Trinajstić information content (AvgIpc) is 2.47. The van der Waals surface area contributed by atoms with Gasteiger partial charge < -0.3 is 4.74 Å². The number of nitrogens with zero attached hydrogens (tertiary/aromatic N) is 2. The first kappa shape index (κ1) is 8.81. The first-order valence-electron chi connectivity index (χ1n) is 4.86. The molecule has 2 saturated heterocycles. The van der Waals surface area contributed by atoms with E-state index >= 15 is 0 Å². The van der Waals surface area contributed by atoms with Crippen LogP contribution in [0.2, 0.25) is 0 Å². The van der Waals surface area contributed by atoms with Gasteiger partial charge >= 0.3 is 6.09 Å². The zero-order valence-electron chi connectivity index (χ0n) is 8.19. The van der Waals surface area contributed by atoms with Crippen molar-refractivity contribution >= 4 is 6.09 Å². The van der Waals surface area contributed by atoms with Gasteiger partial charge in [-0.2, -0.15) is 0 Å². The zero-order valence-corrected chi connectivity index (χ0v) is 8.19. The molecule has 2 aliphatic heterocycles. The number of cyclic esters (lactones) is 1. The Morgan fingerprint density at radius 2 is 2.31 bits per heavy atom. The number of carbonyl (C=O) groups excluding carboxylic acids is 1. The molecule has 0 aromatic carbocycles. The lowest BCUT2D eigenvalue weighted by atomic mass is 10.1. The van der Waals surface area contributed by atoms with Gasteiger partial charge in [0, 0.05) is 12.6 Å². The molecule has 0 aromatic heterocycles. The van der Waals surface area contributed by atoms with Gasteiger partial charge in [-0.05, 0) is 20.3 Å². The second-order valence-corrected chi connectivity index (χ2v) is 4.04. The summed E-state index contributed by atoms with van der Waals surface area (Å²) < 4.78 is 4.99. The van der Waals surface area contributed by atoms with E-state index in [0.29, 0.717) is 18.7 Å². The van der Waals surface area contributed by atoms with Crippen LogP contribution in [0.4, 0.5) is 4.79 Å². The Bertz CT molecular complexity index is 218. The van der Waals surface area contributed by atoms with Gasteiger partial charge in [0.05, 0.1) is 12.7 Å². The molecule has 0 aromatic rings. The number of amides is 1. The Labute approximate surface area is 78.4 Å². The quantitative estimate of drug-likeness (QED) is 0.606. The monoisotopic (exact) mass is 184 g/mol. The van der Waals surface area contributed by atoms with E-state index in [-0.39, 0.29) is 6.09 Å². The minimum Gasteiger partial charge on any atom is -0.447 e. The van der Waals surface area contributed by atoms with Gasteiger partial charge in [0.1, 0.15) is 6.61 Å². The summed E-state index contributed by atoms with van der Waals surface area (Å²) in [4.78, 5) is 15.4. The maximum atomic E-state index is 11.3. The summed E-state index contributed by atoms with van der Waals surface area (Å²) in [5, 5.41) is 0.